The van der Waals surface area contributed by atoms with Gasteiger partial charge in [-0.1, -0.05) is 13.8 Å². The van der Waals surface area contributed by atoms with Crippen molar-refractivity contribution < 1.29 is 4.79 Å². The molecule has 94 valence electrons. The van der Waals surface area contributed by atoms with Crippen LogP contribution in [0.25, 0.3) is 0 Å². The summed E-state index contributed by atoms with van der Waals surface area (Å²) in [6.45, 7) is 5.94. The van der Waals surface area contributed by atoms with Gasteiger partial charge in [-0.15, -0.1) is 12.4 Å². The zero-order chi connectivity index (χ0) is 11.8. The Morgan fingerprint density at radius 3 is 2.76 bits per heavy atom. The van der Waals surface area contributed by atoms with Gasteiger partial charge in [0.2, 0.25) is 0 Å². The summed E-state index contributed by atoms with van der Waals surface area (Å²) >= 11 is 0. The van der Waals surface area contributed by atoms with Crippen LogP contribution in [0.15, 0.2) is 18.5 Å². The topological polar surface area (TPSA) is 59.2 Å². The molecule has 5 heteroatoms. The Labute approximate surface area is 108 Å². The summed E-state index contributed by atoms with van der Waals surface area (Å²) in [5, 5.41) is 0. The van der Waals surface area contributed by atoms with E-state index >= 15 is 0 Å². The van der Waals surface area contributed by atoms with Gasteiger partial charge in [0, 0.05) is 31.2 Å². The lowest BCUT2D eigenvalue weighted by atomic mass is 9.93. The SMILES string of the molecule is CC1(C)CCN(C(=O)c2cnccc2N)C1.Cl. The summed E-state index contributed by atoms with van der Waals surface area (Å²) in [5.74, 6) is -0.00354. The highest BCUT2D eigenvalue weighted by Gasteiger charge is 2.32. The largest absolute Gasteiger partial charge is 0.398 e. The van der Waals surface area contributed by atoms with Gasteiger partial charge in [-0.2, -0.15) is 0 Å². The van der Waals surface area contributed by atoms with E-state index in [9.17, 15) is 4.79 Å². The Morgan fingerprint density at radius 1 is 1.53 bits per heavy atom. The van der Waals surface area contributed by atoms with Crippen molar-refractivity contribution in [1.82, 2.24) is 9.88 Å². The summed E-state index contributed by atoms with van der Waals surface area (Å²) in [5.41, 5.74) is 7.00. The number of rotatable bonds is 1. The second kappa shape index (κ2) is 4.92. The lowest BCUT2D eigenvalue weighted by Gasteiger charge is -2.20. The zero-order valence-corrected chi connectivity index (χ0v) is 11.0. The van der Waals surface area contributed by atoms with Crippen LogP contribution in [0.5, 0.6) is 0 Å². The maximum Gasteiger partial charge on any atom is 0.257 e. The fourth-order valence-corrected chi connectivity index (χ4v) is 2.04. The number of nitrogen functional groups attached to an aromatic ring is 1. The number of halogens is 1. The van der Waals surface area contributed by atoms with Crippen LogP contribution in [-0.2, 0) is 0 Å². The van der Waals surface area contributed by atoms with Gasteiger partial charge in [0.05, 0.1) is 5.56 Å². The quantitative estimate of drug-likeness (QED) is 0.835. The molecule has 2 N–H and O–H groups in total. The Morgan fingerprint density at radius 2 is 2.24 bits per heavy atom. The van der Waals surface area contributed by atoms with Crippen LogP contribution in [-0.4, -0.2) is 28.9 Å². The Bertz CT molecular complexity index is 420. The molecule has 0 aromatic carbocycles. The van der Waals surface area contributed by atoms with Crippen molar-refractivity contribution in [1.29, 1.82) is 0 Å². The van der Waals surface area contributed by atoms with E-state index < -0.39 is 0 Å². The number of carbonyl (C=O) groups is 1. The fraction of sp³-hybridized carbons (Fsp3) is 0.500. The van der Waals surface area contributed by atoms with E-state index in [2.05, 4.69) is 18.8 Å². The first-order valence-corrected chi connectivity index (χ1v) is 5.48. The number of amides is 1. The number of hydrogen-bond donors (Lipinski definition) is 1. The average Bonchev–Trinajstić information content (AvgIpc) is 2.59. The van der Waals surface area contributed by atoms with Crippen molar-refractivity contribution in [2.45, 2.75) is 20.3 Å². The molecule has 1 aromatic heterocycles. The molecule has 0 bridgehead atoms. The van der Waals surface area contributed by atoms with Crippen LogP contribution in [0.2, 0.25) is 0 Å². The number of hydrogen-bond acceptors (Lipinski definition) is 3. The predicted octanol–water partition coefficient (Wildman–Crippen LogP) is 1.96. The molecule has 1 saturated heterocycles. The molecule has 0 spiro atoms. The van der Waals surface area contributed by atoms with E-state index in [1.807, 2.05) is 4.90 Å². The van der Waals surface area contributed by atoms with E-state index in [-0.39, 0.29) is 23.7 Å². The molecule has 2 rings (SSSR count). The molecule has 4 nitrogen and oxygen atoms in total. The monoisotopic (exact) mass is 255 g/mol. The van der Waals surface area contributed by atoms with Crippen molar-refractivity contribution in [2.75, 3.05) is 18.8 Å². The number of pyridine rings is 1. The van der Waals surface area contributed by atoms with Gasteiger partial charge >= 0.3 is 0 Å². The summed E-state index contributed by atoms with van der Waals surface area (Å²) in [6, 6.07) is 1.66. The summed E-state index contributed by atoms with van der Waals surface area (Å²) < 4.78 is 0. The second-order valence-corrected chi connectivity index (χ2v) is 5.10. The van der Waals surface area contributed by atoms with Crippen molar-refractivity contribution in [3.05, 3.63) is 24.0 Å². The van der Waals surface area contributed by atoms with Crippen LogP contribution in [0, 0.1) is 5.41 Å². The molecule has 0 atom stereocenters. The van der Waals surface area contributed by atoms with Gasteiger partial charge in [-0.05, 0) is 17.9 Å². The maximum atomic E-state index is 12.2. The molecule has 0 saturated carbocycles. The first-order valence-electron chi connectivity index (χ1n) is 5.48. The van der Waals surface area contributed by atoms with Crippen LogP contribution >= 0.6 is 12.4 Å². The number of nitrogens with zero attached hydrogens (tertiary/aromatic N) is 2. The van der Waals surface area contributed by atoms with Crippen molar-refractivity contribution in [3.8, 4) is 0 Å². The molecule has 1 aromatic rings. The third kappa shape index (κ3) is 2.88. The van der Waals surface area contributed by atoms with Gasteiger partial charge < -0.3 is 10.6 Å². The molecule has 1 fully saturated rings. The van der Waals surface area contributed by atoms with Gasteiger partial charge in [0.25, 0.3) is 5.91 Å². The highest BCUT2D eigenvalue weighted by molar-refractivity contribution is 5.98. The summed E-state index contributed by atoms with van der Waals surface area (Å²) in [4.78, 5) is 18.0. The molecule has 0 aliphatic carbocycles. The van der Waals surface area contributed by atoms with Gasteiger partial charge in [0.15, 0.2) is 0 Å². The first-order chi connectivity index (χ1) is 7.49. The van der Waals surface area contributed by atoms with Gasteiger partial charge in [0.1, 0.15) is 0 Å². The van der Waals surface area contributed by atoms with E-state index in [0.717, 1.165) is 19.5 Å². The summed E-state index contributed by atoms with van der Waals surface area (Å²) in [7, 11) is 0. The van der Waals surface area contributed by atoms with E-state index in [1.54, 1.807) is 18.5 Å². The van der Waals surface area contributed by atoms with Crippen molar-refractivity contribution >= 4 is 24.0 Å². The Balaban J connectivity index is 0.00000144. The minimum Gasteiger partial charge on any atom is -0.398 e. The van der Waals surface area contributed by atoms with Crippen LogP contribution in [0.1, 0.15) is 30.6 Å². The standard InChI is InChI=1S/C12H17N3O.ClH/c1-12(2)4-6-15(8-12)11(16)9-7-14-5-3-10(9)13;/h3,5,7H,4,6,8H2,1-2H3,(H2,13,14);1H. The predicted molar refractivity (Wildman–Crippen MR) is 70.2 cm³/mol. The number of likely N-dealkylation sites (tertiary alicyclic amines) is 1. The smallest absolute Gasteiger partial charge is 0.257 e. The molecule has 0 unspecified atom stereocenters. The zero-order valence-electron chi connectivity index (χ0n) is 10.1. The number of carbonyl (C=O) groups excluding carboxylic acids is 1. The van der Waals surface area contributed by atoms with Gasteiger partial charge in [-0.25, -0.2) is 0 Å². The molecule has 17 heavy (non-hydrogen) atoms. The van der Waals surface area contributed by atoms with Crippen molar-refractivity contribution in [3.63, 3.8) is 0 Å². The van der Waals surface area contributed by atoms with Crippen LogP contribution in [0.4, 0.5) is 5.69 Å². The minimum absolute atomic E-state index is 0. The molecular weight excluding hydrogens is 238 g/mol. The first kappa shape index (κ1) is 13.8. The molecule has 2 heterocycles. The molecule has 1 amide bonds. The van der Waals surface area contributed by atoms with E-state index in [0.29, 0.717) is 11.3 Å². The third-order valence-electron chi connectivity index (χ3n) is 3.05. The molecular formula is C12H18ClN3O. The lowest BCUT2D eigenvalue weighted by Crippen LogP contribution is -2.30. The van der Waals surface area contributed by atoms with Crippen LogP contribution < -0.4 is 5.73 Å². The normalized spacial score (nSPS) is 17.6. The van der Waals surface area contributed by atoms with E-state index in [4.69, 9.17) is 5.73 Å². The average molecular weight is 256 g/mol. The maximum absolute atomic E-state index is 12.2. The number of aromatic nitrogens is 1. The van der Waals surface area contributed by atoms with Crippen LogP contribution in [0.3, 0.4) is 0 Å². The molecule has 1 aliphatic heterocycles. The third-order valence-corrected chi connectivity index (χ3v) is 3.05. The lowest BCUT2D eigenvalue weighted by molar-refractivity contribution is 0.0779. The Hall–Kier alpha value is -1.29. The highest BCUT2D eigenvalue weighted by atomic mass is 35.5. The fourth-order valence-electron chi connectivity index (χ4n) is 2.04. The summed E-state index contributed by atoms with van der Waals surface area (Å²) in [6.07, 6.45) is 4.18. The Kier molecular flexibility index (Phi) is 3.98. The number of nitrogens with two attached hydrogens (primary N) is 1. The molecule has 1 aliphatic rings. The number of anilines is 1. The van der Waals surface area contributed by atoms with Gasteiger partial charge in [-0.3, -0.25) is 9.78 Å². The molecule has 0 radical (unpaired) electrons. The second-order valence-electron chi connectivity index (χ2n) is 5.10. The highest BCUT2D eigenvalue weighted by Crippen LogP contribution is 2.30. The van der Waals surface area contributed by atoms with E-state index in [1.165, 1.54) is 0 Å². The minimum atomic E-state index is -0.00354. The van der Waals surface area contributed by atoms with Crippen molar-refractivity contribution in [2.24, 2.45) is 5.41 Å².